The molecule has 0 saturated heterocycles. The Kier molecular flexibility index (Phi) is 4.01. The number of nitrogens with zero attached hydrogens (tertiary/aromatic N) is 2. The largest absolute Gasteiger partial charge is 0.494 e. The van der Waals surface area contributed by atoms with Crippen LogP contribution in [0.15, 0.2) is 53.3 Å². The van der Waals surface area contributed by atoms with Crippen LogP contribution in [-0.4, -0.2) is 16.6 Å². The lowest BCUT2D eigenvalue weighted by Gasteiger charge is -2.09. The van der Waals surface area contributed by atoms with E-state index in [0.717, 1.165) is 21.3 Å². The van der Waals surface area contributed by atoms with Crippen molar-refractivity contribution in [3.05, 3.63) is 53.3 Å². The van der Waals surface area contributed by atoms with Gasteiger partial charge in [-0.15, -0.1) is 0 Å². The van der Waals surface area contributed by atoms with Gasteiger partial charge in [-0.3, -0.25) is 4.98 Å². The third-order valence-corrected chi connectivity index (χ3v) is 3.29. The molecule has 106 valence electrons. The lowest BCUT2D eigenvalue weighted by atomic mass is 10.3. The zero-order valence-electron chi connectivity index (χ0n) is 11.4. The number of ether oxygens (including phenoxy) is 2. The van der Waals surface area contributed by atoms with Crippen LogP contribution in [0.1, 0.15) is 6.92 Å². The Morgan fingerprint density at radius 3 is 2.81 bits per heavy atom. The highest BCUT2D eigenvalue weighted by atomic mass is 79.9. The molecule has 4 nitrogen and oxygen atoms in total. The van der Waals surface area contributed by atoms with Gasteiger partial charge in [0.05, 0.1) is 12.1 Å². The molecule has 0 atom stereocenters. The Morgan fingerprint density at radius 1 is 1.10 bits per heavy atom. The van der Waals surface area contributed by atoms with Crippen LogP contribution in [0.25, 0.3) is 11.0 Å². The van der Waals surface area contributed by atoms with Crippen LogP contribution in [-0.2, 0) is 0 Å². The molecule has 21 heavy (non-hydrogen) atoms. The van der Waals surface area contributed by atoms with E-state index in [4.69, 9.17) is 9.47 Å². The molecule has 0 aliphatic carbocycles. The molecule has 1 aromatic carbocycles. The summed E-state index contributed by atoms with van der Waals surface area (Å²) in [5.74, 6) is 2.16. The van der Waals surface area contributed by atoms with Crippen molar-refractivity contribution < 1.29 is 9.47 Å². The molecule has 0 spiro atoms. The molecule has 0 N–H and O–H groups in total. The van der Waals surface area contributed by atoms with Crippen molar-refractivity contribution in [1.82, 2.24) is 9.97 Å². The van der Waals surface area contributed by atoms with Gasteiger partial charge in [0.25, 0.3) is 0 Å². The number of aromatic nitrogens is 2. The summed E-state index contributed by atoms with van der Waals surface area (Å²) in [7, 11) is 0. The van der Waals surface area contributed by atoms with Gasteiger partial charge in [0.15, 0.2) is 5.75 Å². The second-order valence-corrected chi connectivity index (χ2v) is 5.26. The highest BCUT2D eigenvalue weighted by Gasteiger charge is 2.07. The summed E-state index contributed by atoms with van der Waals surface area (Å²) in [5, 5.41) is 0. The molecule has 0 radical (unpaired) electrons. The van der Waals surface area contributed by atoms with E-state index >= 15 is 0 Å². The fraction of sp³-hybridized carbons (Fsp3) is 0.125. The molecule has 0 fully saturated rings. The van der Waals surface area contributed by atoms with Crippen LogP contribution in [0.4, 0.5) is 0 Å². The van der Waals surface area contributed by atoms with Crippen LogP contribution in [0.5, 0.6) is 17.2 Å². The third-order valence-electron chi connectivity index (χ3n) is 2.85. The Balaban J connectivity index is 1.96. The Hall–Kier alpha value is -2.14. The van der Waals surface area contributed by atoms with Crippen molar-refractivity contribution in [2.75, 3.05) is 6.61 Å². The van der Waals surface area contributed by atoms with E-state index in [2.05, 4.69) is 25.9 Å². The van der Waals surface area contributed by atoms with Crippen LogP contribution >= 0.6 is 15.9 Å². The molecule has 2 heterocycles. The van der Waals surface area contributed by atoms with Crippen LogP contribution in [0.2, 0.25) is 0 Å². The molecule has 0 saturated carbocycles. The normalized spacial score (nSPS) is 10.6. The Labute approximate surface area is 130 Å². The van der Waals surface area contributed by atoms with Crippen molar-refractivity contribution >= 4 is 27.0 Å². The van der Waals surface area contributed by atoms with Crippen molar-refractivity contribution in [2.24, 2.45) is 0 Å². The SMILES string of the molecule is CCOc1cccc(Oc2ccnc3cc(Br)cnc23)c1. The fourth-order valence-corrected chi connectivity index (χ4v) is 2.30. The van der Waals surface area contributed by atoms with Crippen molar-refractivity contribution in [2.45, 2.75) is 6.92 Å². The van der Waals surface area contributed by atoms with Crippen molar-refractivity contribution in [3.63, 3.8) is 0 Å². The average Bonchev–Trinajstić information content (AvgIpc) is 2.48. The molecule has 3 rings (SSSR count). The van der Waals surface area contributed by atoms with E-state index in [1.165, 1.54) is 0 Å². The second kappa shape index (κ2) is 6.10. The van der Waals surface area contributed by atoms with Gasteiger partial charge >= 0.3 is 0 Å². The topological polar surface area (TPSA) is 44.2 Å². The summed E-state index contributed by atoms with van der Waals surface area (Å²) in [5.41, 5.74) is 1.50. The molecule has 0 aliphatic rings. The zero-order chi connectivity index (χ0) is 14.7. The quantitative estimate of drug-likeness (QED) is 0.694. The number of rotatable bonds is 4. The predicted octanol–water partition coefficient (Wildman–Crippen LogP) is 4.58. The molecule has 0 unspecified atom stereocenters. The van der Waals surface area contributed by atoms with E-state index < -0.39 is 0 Å². The predicted molar refractivity (Wildman–Crippen MR) is 84.9 cm³/mol. The molecular weight excluding hydrogens is 332 g/mol. The van der Waals surface area contributed by atoms with Crippen LogP contribution < -0.4 is 9.47 Å². The van der Waals surface area contributed by atoms with Crippen LogP contribution in [0, 0.1) is 0 Å². The Morgan fingerprint density at radius 2 is 1.95 bits per heavy atom. The Bertz CT molecular complexity index is 777. The number of pyridine rings is 2. The lowest BCUT2D eigenvalue weighted by molar-refractivity contribution is 0.338. The monoisotopic (exact) mass is 344 g/mol. The van der Waals surface area contributed by atoms with Crippen molar-refractivity contribution in [3.8, 4) is 17.2 Å². The van der Waals surface area contributed by atoms with Gasteiger partial charge in [-0.05, 0) is 41.1 Å². The zero-order valence-corrected chi connectivity index (χ0v) is 13.0. The van der Waals surface area contributed by atoms with Gasteiger partial charge in [0, 0.05) is 29.0 Å². The summed E-state index contributed by atoms with van der Waals surface area (Å²) >= 11 is 3.39. The average molecular weight is 345 g/mol. The summed E-state index contributed by atoms with van der Waals surface area (Å²) in [6, 6.07) is 11.2. The maximum absolute atomic E-state index is 5.92. The number of hydrogen-bond donors (Lipinski definition) is 0. The number of fused-ring (bicyclic) bond motifs is 1. The van der Waals surface area contributed by atoms with E-state index in [1.807, 2.05) is 37.3 Å². The smallest absolute Gasteiger partial charge is 0.156 e. The van der Waals surface area contributed by atoms with Crippen LogP contribution in [0.3, 0.4) is 0 Å². The standard InChI is InChI=1S/C16H13BrN2O2/c1-2-20-12-4-3-5-13(9-12)21-15-6-7-18-14-8-11(17)10-19-16(14)15/h3-10H,2H2,1H3. The van der Waals surface area contributed by atoms with Gasteiger partial charge in [-0.2, -0.15) is 0 Å². The molecule has 0 bridgehead atoms. The van der Waals surface area contributed by atoms with Gasteiger partial charge in [-0.1, -0.05) is 6.07 Å². The molecule has 5 heteroatoms. The number of hydrogen-bond acceptors (Lipinski definition) is 4. The second-order valence-electron chi connectivity index (χ2n) is 4.34. The first-order valence-electron chi connectivity index (χ1n) is 6.57. The maximum Gasteiger partial charge on any atom is 0.156 e. The van der Waals surface area contributed by atoms with E-state index in [1.54, 1.807) is 18.5 Å². The first kappa shape index (κ1) is 13.8. The van der Waals surface area contributed by atoms with E-state index in [9.17, 15) is 0 Å². The van der Waals surface area contributed by atoms with Gasteiger partial charge in [0.2, 0.25) is 0 Å². The molecular formula is C16H13BrN2O2. The van der Waals surface area contributed by atoms with Gasteiger partial charge in [0.1, 0.15) is 17.0 Å². The molecule has 2 aromatic heterocycles. The highest BCUT2D eigenvalue weighted by molar-refractivity contribution is 9.10. The lowest BCUT2D eigenvalue weighted by Crippen LogP contribution is -1.93. The number of benzene rings is 1. The summed E-state index contributed by atoms with van der Waals surface area (Å²) in [4.78, 5) is 8.66. The summed E-state index contributed by atoms with van der Waals surface area (Å²) in [6.45, 7) is 2.57. The minimum absolute atomic E-state index is 0.622. The summed E-state index contributed by atoms with van der Waals surface area (Å²) < 4.78 is 12.3. The van der Waals surface area contributed by atoms with Gasteiger partial charge < -0.3 is 9.47 Å². The first-order chi connectivity index (χ1) is 10.3. The third kappa shape index (κ3) is 3.13. The van der Waals surface area contributed by atoms with E-state index in [0.29, 0.717) is 18.1 Å². The van der Waals surface area contributed by atoms with Crippen molar-refractivity contribution in [1.29, 1.82) is 0 Å². The maximum atomic E-state index is 5.92. The molecule has 3 aromatic rings. The fourth-order valence-electron chi connectivity index (χ4n) is 1.98. The minimum atomic E-state index is 0.622. The first-order valence-corrected chi connectivity index (χ1v) is 7.36. The summed E-state index contributed by atoms with van der Waals surface area (Å²) in [6.07, 6.45) is 3.44. The minimum Gasteiger partial charge on any atom is -0.494 e. The molecule has 0 aliphatic heterocycles. The molecule has 0 amide bonds. The highest BCUT2D eigenvalue weighted by Crippen LogP contribution is 2.30. The van der Waals surface area contributed by atoms with E-state index in [-0.39, 0.29) is 0 Å². The van der Waals surface area contributed by atoms with Gasteiger partial charge in [-0.25, -0.2) is 4.98 Å². The number of halogens is 1.